The number of nitrogens with one attached hydrogen (secondary N) is 1. The van der Waals surface area contributed by atoms with Gasteiger partial charge < -0.3 is 9.47 Å². The summed E-state index contributed by atoms with van der Waals surface area (Å²) in [6.07, 6.45) is 3.22. The third kappa shape index (κ3) is 5.55. The van der Waals surface area contributed by atoms with E-state index in [-0.39, 0.29) is 11.7 Å². The van der Waals surface area contributed by atoms with E-state index in [1.165, 1.54) is 32.0 Å². The fourth-order valence-corrected chi connectivity index (χ4v) is 3.38. The van der Waals surface area contributed by atoms with E-state index in [0.717, 1.165) is 15.8 Å². The number of nitrogens with zero attached hydrogens (tertiary/aromatic N) is 2. The van der Waals surface area contributed by atoms with Crippen molar-refractivity contribution in [1.82, 2.24) is 10.4 Å². The molecule has 1 N–H and O–H groups in total. The first-order valence-electron chi connectivity index (χ1n) is 8.71. The van der Waals surface area contributed by atoms with Crippen LogP contribution in [0, 0.1) is 0 Å². The van der Waals surface area contributed by atoms with Crippen molar-refractivity contribution in [1.29, 1.82) is 0 Å². The number of rotatable bonds is 7. The zero-order valence-electron chi connectivity index (χ0n) is 15.9. The Kier molecular flexibility index (Phi) is 6.80. The van der Waals surface area contributed by atoms with Crippen molar-refractivity contribution >= 4 is 40.8 Å². The van der Waals surface area contributed by atoms with Gasteiger partial charge in [-0.25, -0.2) is 5.43 Å². The molecule has 8 heteroatoms. The number of para-hydroxylation sites is 1. The molecule has 148 valence electrons. The molecule has 0 aliphatic carbocycles. The Hall–Kier alpha value is -3.39. The smallest absolute Gasteiger partial charge is 0.308 e. The third-order valence-electron chi connectivity index (χ3n) is 3.80. The molecule has 3 rings (SSSR count). The molecule has 0 aliphatic heterocycles. The summed E-state index contributed by atoms with van der Waals surface area (Å²) in [6.45, 7) is 1.32. The number of hydrogen-bond acceptors (Lipinski definition) is 7. The summed E-state index contributed by atoms with van der Waals surface area (Å²) in [4.78, 5) is 28.5. The monoisotopic (exact) mass is 409 g/mol. The van der Waals surface area contributed by atoms with Crippen molar-refractivity contribution in [3.8, 4) is 11.5 Å². The van der Waals surface area contributed by atoms with Crippen molar-refractivity contribution in [2.75, 3.05) is 12.9 Å². The molecule has 0 bridgehead atoms. The molecule has 0 saturated heterocycles. The van der Waals surface area contributed by atoms with Gasteiger partial charge in [-0.2, -0.15) is 5.10 Å². The summed E-state index contributed by atoms with van der Waals surface area (Å²) >= 11 is 1.40. The molecular weight excluding hydrogens is 390 g/mol. The minimum atomic E-state index is -0.434. The van der Waals surface area contributed by atoms with Crippen LogP contribution in [0.2, 0.25) is 0 Å². The molecule has 0 spiro atoms. The summed E-state index contributed by atoms with van der Waals surface area (Å²) < 4.78 is 10.3. The zero-order chi connectivity index (χ0) is 20.6. The van der Waals surface area contributed by atoms with E-state index in [2.05, 4.69) is 15.5 Å². The summed E-state index contributed by atoms with van der Waals surface area (Å²) in [6, 6.07) is 14.7. The SMILES string of the molecule is COc1cc(/C=N\NC(=O)CSc2cccc3cccnc23)ccc1OC(C)=O. The highest BCUT2D eigenvalue weighted by Crippen LogP contribution is 2.28. The van der Waals surface area contributed by atoms with Gasteiger partial charge in [0.05, 0.1) is 24.6 Å². The van der Waals surface area contributed by atoms with Gasteiger partial charge in [-0.15, -0.1) is 11.8 Å². The van der Waals surface area contributed by atoms with Gasteiger partial charge in [-0.05, 0) is 35.9 Å². The average Bonchev–Trinajstić information content (AvgIpc) is 2.72. The fourth-order valence-electron chi connectivity index (χ4n) is 2.55. The minimum absolute atomic E-state index is 0.210. The molecule has 0 aliphatic rings. The highest BCUT2D eigenvalue weighted by atomic mass is 32.2. The van der Waals surface area contributed by atoms with E-state index < -0.39 is 5.97 Å². The highest BCUT2D eigenvalue weighted by molar-refractivity contribution is 8.00. The van der Waals surface area contributed by atoms with E-state index >= 15 is 0 Å². The number of thioether (sulfide) groups is 1. The second-order valence-corrected chi connectivity index (χ2v) is 6.93. The van der Waals surface area contributed by atoms with Crippen molar-refractivity contribution < 1.29 is 19.1 Å². The number of fused-ring (bicyclic) bond motifs is 1. The van der Waals surface area contributed by atoms with Crippen LogP contribution in [0.4, 0.5) is 0 Å². The summed E-state index contributed by atoms with van der Waals surface area (Å²) in [7, 11) is 1.48. The van der Waals surface area contributed by atoms with E-state index in [1.54, 1.807) is 24.4 Å². The van der Waals surface area contributed by atoms with Crippen molar-refractivity contribution in [2.24, 2.45) is 5.10 Å². The highest BCUT2D eigenvalue weighted by Gasteiger charge is 2.08. The van der Waals surface area contributed by atoms with Crippen LogP contribution < -0.4 is 14.9 Å². The summed E-state index contributed by atoms with van der Waals surface area (Å²) in [5, 5.41) is 5.00. The van der Waals surface area contributed by atoms with E-state index in [1.807, 2.05) is 30.3 Å². The van der Waals surface area contributed by atoms with E-state index in [9.17, 15) is 9.59 Å². The molecule has 3 aromatic rings. The van der Waals surface area contributed by atoms with Crippen molar-refractivity contribution in [3.05, 3.63) is 60.3 Å². The van der Waals surface area contributed by atoms with Crippen LogP contribution in [-0.4, -0.2) is 35.9 Å². The Morgan fingerprint density at radius 2 is 2.00 bits per heavy atom. The second-order valence-electron chi connectivity index (χ2n) is 5.92. The molecule has 0 saturated carbocycles. The first kappa shape index (κ1) is 20.3. The number of carbonyl (C=O) groups excluding carboxylic acids is 2. The Labute approximate surface area is 172 Å². The second kappa shape index (κ2) is 9.70. The molecular formula is C21H19N3O4S. The summed E-state index contributed by atoms with van der Waals surface area (Å²) in [5.74, 6) is 0.260. The number of aromatic nitrogens is 1. The first-order valence-corrected chi connectivity index (χ1v) is 9.70. The molecule has 1 heterocycles. The van der Waals surface area contributed by atoms with E-state index in [4.69, 9.17) is 9.47 Å². The molecule has 0 fully saturated rings. The summed E-state index contributed by atoms with van der Waals surface area (Å²) in [5.41, 5.74) is 4.05. The van der Waals surface area contributed by atoms with Crippen molar-refractivity contribution in [2.45, 2.75) is 11.8 Å². The number of carbonyl (C=O) groups is 2. The number of amides is 1. The Bertz CT molecular complexity index is 1060. The normalized spacial score (nSPS) is 10.8. The first-order chi connectivity index (χ1) is 14.1. The number of hydrogen-bond donors (Lipinski definition) is 1. The zero-order valence-corrected chi connectivity index (χ0v) is 16.7. The predicted molar refractivity (Wildman–Crippen MR) is 113 cm³/mol. The van der Waals surface area contributed by atoms with Gasteiger partial charge in [0.25, 0.3) is 0 Å². The molecule has 0 radical (unpaired) electrons. The maximum atomic E-state index is 12.1. The van der Waals surface area contributed by atoms with Crippen LogP contribution >= 0.6 is 11.8 Å². The number of ether oxygens (including phenoxy) is 2. The lowest BCUT2D eigenvalue weighted by Gasteiger charge is -2.08. The fraction of sp³-hybridized carbons (Fsp3) is 0.143. The van der Waals surface area contributed by atoms with E-state index in [0.29, 0.717) is 17.1 Å². The van der Waals surface area contributed by atoms with Crippen LogP contribution in [0.1, 0.15) is 12.5 Å². The molecule has 2 aromatic carbocycles. The van der Waals surface area contributed by atoms with Gasteiger partial charge in [0, 0.05) is 23.4 Å². The molecule has 7 nitrogen and oxygen atoms in total. The van der Waals surface area contributed by atoms with Crippen LogP contribution in [-0.2, 0) is 9.59 Å². The Morgan fingerprint density at radius 3 is 2.79 bits per heavy atom. The largest absolute Gasteiger partial charge is 0.493 e. The standard InChI is InChI=1S/C21H19N3O4S/c1-14(25)28-17-9-8-15(11-18(17)27-2)12-23-24-20(26)13-29-19-7-3-5-16-6-4-10-22-21(16)19/h3-12H,13H2,1-2H3,(H,24,26)/b23-12-. The number of hydrazone groups is 1. The number of pyridine rings is 1. The molecule has 1 aromatic heterocycles. The molecule has 1 amide bonds. The van der Waals surface area contributed by atoms with Gasteiger partial charge >= 0.3 is 5.97 Å². The quantitative estimate of drug-likeness (QED) is 0.211. The number of methoxy groups -OCH3 is 1. The lowest BCUT2D eigenvalue weighted by molar-refractivity contribution is -0.132. The van der Waals surface area contributed by atoms with Crippen molar-refractivity contribution in [3.63, 3.8) is 0 Å². The lowest BCUT2D eigenvalue weighted by atomic mass is 10.2. The number of benzene rings is 2. The Balaban J connectivity index is 1.57. The molecule has 0 unspecified atom stereocenters. The third-order valence-corrected chi connectivity index (χ3v) is 4.85. The average molecular weight is 409 g/mol. The van der Waals surface area contributed by atoms with Crippen LogP contribution in [0.5, 0.6) is 11.5 Å². The van der Waals surface area contributed by atoms with Gasteiger partial charge in [0.15, 0.2) is 11.5 Å². The van der Waals surface area contributed by atoms with Crippen LogP contribution in [0.25, 0.3) is 10.9 Å². The van der Waals surface area contributed by atoms with Gasteiger partial charge in [0.2, 0.25) is 5.91 Å². The molecule has 29 heavy (non-hydrogen) atoms. The Morgan fingerprint density at radius 1 is 1.17 bits per heavy atom. The molecule has 0 atom stereocenters. The predicted octanol–water partition coefficient (Wildman–Crippen LogP) is 3.41. The van der Waals surface area contributed by atoms with Crippen LogP contribution in [0.3, 0.4) is 0 Å². The minimum Gasteiger partial charge on any atom is -0.493 e. The van der Waals surface area contributed by atoms with Gasteiger partial charge in [0.1, 0.15) is 0 Å². The topological polar surface area (TPSA) is 89.9 Å². The number of esters is 1. The van der Waals surface area contributed by atoms with Crippen LogP contribution in [0.15, 0.2) is 64.7 Å². The van der Waals surface area contributed by atoms with Gasteiger partial charge in [-0.1, -0.05) is 18.2 Å². The maximum absolute atomic E-state index is 12.1. The van der Waals surface area contributed by atoms with Gasteiger partial charge in [-0.3, -0.25) is 14.6 Å². The lowest BCUT2D eigenvalue weighted by Crippen LogP contribution is -2.19. The maximum Gasteiger partial charge on any atom is 0.308 e.